The summed E-state index contributed by atoms with van der Waals surface area (Å²) in [7, 11) is 0. The van der Waals surface area contributed by atoms with E-state index < -0.39 is 18.2 Å². The smallest absolute Gasteiger partial charge is 0.306 e. The molecule has 0 saturated heterocycles. The first kappa shape index (κ1) is 55.3. The van der Waals surface area contributed by atoms with Gasteiger partial charge >= 0.3 is 5.97 Å². The van der Waals surface area contributed by atoms with Crippen molar-refractivity contribution in [2.75, 3.05) is 6.61 Å². The summed E-state index contributed by atoms with van der Waals surface area (Å²) in [4.78, 5) is 26.0. The molecule has 0 aliphatic carbocycles. The van der Waals surface area contributed by atoms with Crippen LogP contribution in [0.3, 0.4) is 0 Å². The molecule has 6 heteroatoms. The number of esters is 1. The molecule has 0 aromatic heterocycles. The van der Waals surface area contributed by atoms with Gasteiger partial charge in [0, 0.05) is 6.42 Å². The molecular formula is C51H97NO5. The van der Waals surface area contributed by atoms with Crippen molar-refractivity contribution in [3.8, 4) is 0 Å². The van der Waals surface area contributed by atoms with Crippen molar-refractivity contribution in [3.63, 3.8) is 0 Å². The predicted molar refractivity (Wildman–Crippen MR) is 246 cm³/mol. The Kier molecular flexibility index (Phi) is 44.1. The first-order chi connectivity index (χ1) is 28.0. The number of rotatable bonds is 45. The van der Waals surface area contributed by atoms with Crippen LogP contribution in [0.4, 0.5) is 0 Å². The largest absolute Gasteiger partial charge is 0.462 e. The summed E-state index contributed by atoms with van der Waals surface area (Å²) in [6.07, 6.45) is 50.9. The minimum atomic E-state index is -0.788. The van der Waals surface area contributed by atoms with Gasteiger partial charge in [-0.15, -0.1) is 0 Å². The normalized spacial score (nSPS) is 13.4. The molecular weight excluding hydrogens is 707 g/mol. The molecule has 336 valence electrons. The van der Waals surface area contributed by atoms with E-state index in [9.17, 15) is 19.8 Å². The van der Waals surface area contributed by atoms with E-state index >= 15 is 0 Å². The van der Waals surface area contributed by atoms with Crippen LogP contribution in [0.25, 0.3) is 0 Å². The van der Waals surface area contributed by atoms with Gasteiger partial charge in [0.2, 0.25) is 5.91 Å². The molecule has 0 aliphatic rings. The molecule has 0 spiro atoms. The highest BCUT2D eigenvalue weighted by molar-refractivity contribution is 5.77. The van der Waals surface area contributed by atoms with Gasteiger partial charge < -0.3 is 20.3 Å². The molecule has 0 radical (unpaired) electrons. The summed E-state index contributed by atoms with van der Waals surface area (Å²) in [6.45, 7) is 6.45. The molecule has 0 rings (SSSR count). The highest BCUT2D eigenvalue weighted by Crippen LogP contribution is 2.18. The average Bonchev–Trinajstić information content (AvgIpc) is 3.20. The number of ether oxygens (including phenoxy) is 1. The molecule has 0 saturated carbocycles. The van der Waals surface area contributed by atoms with E-state index in [4.69, 9.17) is 4.74 Å². The molecule has 0 heterocycles. The third kappa shape index (κ3) is 40.9. The molecule has 0 fully saturated rings. The van der Waals surface area contributed by atoms with Gasteiger partial charge in [0.25, 0.3) is 0 Å². The Morgan fingerprint density at radius 3 is 1.33 bits per heavy atom. The SMILES string of the molecule is CCCCC/C=C/C=C/CCCCCCC(CC(=O)NC(CO)C(O)CCCCCCCCCCCCCCCCC)OC(=O)CCCCCCCCCCCC. The molecule has 3 N–H and O–H groups in total. The second-order valence-corrected chi connectivity index (χ2v) is 17.3. The van der Waals surface area contributed by atoms with E-state index in [0.29, 0.717) is 19.3 Å². The molecule has 3 unspecified atom stereocenters. The summed E-state index contributed by atoms with van der Waals surface area (Å²) in [5.41, 5.74) is 0. The summed E-state index contributed by atoms with van der Waals surface area (Å²) in [5, 5.41) is 23.7. The molecule has 6 nitrogen and oxygen atoms in total. The third-order valence-electron chi connectivity index (χ3n) is 11.6. The quantitative estimate of drug-likeness (QED) is 0.0324. The van der Waals surface area contributed by atoms with Crippen LogP contribution in [0.15, 0.2) is 24.3 Å². The second-order valence-electron chi connectivity index (χ2n) is 17.3. The first-order valence-corrected chi connectivity index (χ1v) is 25.1. The Labute approximate surface area is 354 Å². The molecule has 3 atom stereocenters. The second kappa shape index (κ2) is 45.4. The number of unbranched alkanes of at least 4 members (excludes halogenated alkanes) is 30. The highest BCUT2D eigenvalue weighted by atomic mass is 16.5. The van der Waals surface area contributed by atoms with Gasteiger partial charge in [0.05, 0.1) is 25.2 Å². The van der Waals surface area contributed by atoms with Gasteiger partial charge in [-0.2, -0.15) is 0 Å². The van der Waals surface area contributed by atoms with Crippen LogP contribution in [0, 0.1) is 0 Å². The fourth-order valence-electron chi connectivity index (χ4n) is 7.72. The lowest BCUT2D eigenvalue weighted by atomic mass is 10.0. The number of carbonyl (C=O) groups excluding carboxylic acids is 2. The van der Waals surface area contributed by atoms with E-state index in [1.807, 2.05) is 0 Å². The van der Waals surface area contributed by atoms with Crippen molar-refractivity contribution in [2.24, 2.45) is 0 Å². The van der Waals surface area contributed by atoms with Gasteiger partial charge in [0.15, 0.2) is 0 Å². The third-order valence-corrected chi connectivity index (χ3v) is 11.6. The number of amides is 1. The van der Waals surface area contributed by atoms with Crippen molar-refractivity contribution in [3.05, 3.63) is 24.3 Å². The maximum atomic E-state index is 13.2. The lowest BCUT2D eigenvalue weighted by molar-refractivity contribution is -0.151. The van der Waals surface area contributed by atoms with Gasteiger partial charge in [-0.25, -0.2) is 0 Å². The Balaban J connectivity index is 4.53. The standard InChI is InChI=1S/C51H97NO5/c1-4-7-10-13-16-19-22-24-25-27-29-31-34-37-40-43-49(54)48(46-53)52-50(55)45-47(42-39-36-33-30-28-26-23-20-17-14-11-8-5-2)57-51(56)44-41-38-35-32-21-18-15-12-9-6-3/h17,20,23,26,47-49,53-54H,4-16,18-19,21-22,24-25,27-46H2,1-3H3,(H,52,55)/b20-17+,26-23+. The molecule has 0 aromatic carbocycles. The molecule has 0 bridgehead atoms. The van der Waals surface area contributed by atoms with Crippen LogP contribution < -0.4 is 5.32 Å². The Morgan fingerprint density at radius 1 is 0.509 bits per heavy atom. The minimum Gasteiger partial charge on any atom is -0.462 e. The fraction of sp³-hybridized carbons (Fsp3) is 0.882. The van der Waals surface area contributed by atoms with Crippen molar-refractivity contribution in [2.45, 2.75) is 283 Å². The van der Waals surface area contributed by atoms with Crippen LogP contribution in [0.5, 0.6) is 0 Å². The van der Waals surface area contributed by atoms with E-state index in [2.05, 4.69) is 50.4 Å². The average molecular weight is 804 g/mol. The minimum absolute atomic E-state index is 0.0687. The van der Waals surface area contributed by atoms with E-state index in [-0.39, 0.29) is 24.9 Å². The summed E-state index contributed by atoms with van der Waals surface area (Å²) in [6, 6.07) is -0.702. The summed E-state index contributed by atoms with van der Waals surface area (Å²) >= 11 is 0. The summed E-state index contributed by atoms with van der Waals surface area (Å²) < 4.78 is 5.90. The molecule has 0 aliphatic heterocycles. The van der Waals surface area contributed by atoms with Gasteiger partial charge in [-0.05, 0) is 51.4 Å². The van der Waals surface area contributed by atoms with E-state index in [1.165, 1.54) is 148 Å². The number of aliphatic hydroxyl groups excluding tert-OH is 2. The van der Waals surface area contributed by atoms with Crippen LogP contribution in [-0.2, 0) is 14.3 Å². The molecule has 1 amide bonds. The monoisotopic (exact) mass is 804 g/mol. The van der Waals surface area contributed by atoms with Gasteiger partial charge in [0.1, 0.15) is 6.10 Å². The number of aliphatic hydroxyl groups is 2. The molecule has 0 aromatic rings. The maximum Gasteiger partial charge on any atom is 0.306 e. The van der Waals surface area contributed by atoms with E-state index in [0.717, 1.165) is 70.6 Å². The lowest BCUT2D eigenvalue weighted by Gasteiger charge is -2.24. The van der Waals surface area contributed by atoms with Gasteiger partial charge in [-0.1, -0.05) is 225 Å². The molecule has 57 heavy (non-hydrogen) atoms. The zero-order valence-electron chi connectivity index (χ0n) is 38.2. The lowest BCUT2D eigenvalue weighted by Crippen LogP contribution is -2.46. The van der Waals surface area contributed by atoms with E-state index in [1.54, 1.807) is 0 Å². The Bertz CT molecular complexity index is 904. The number of hydrogen-bond donors (Lipinski definition) is 3. The van der Waals surface area contributed by atoms with Crippen LogP contribution in [0.1, 0.15) is 265 Å². The summed E-state index contributed by atoms with van der Waals surface area (Å²) in [5.74, 6) is -0.485. The number of carbonyl (C=O) groups is 2. The van der Waals surface area contributed by atoms with Crippen molar-refractivity contribution in [1.82, 2.24) is 5.32 Å². The predicted octanol–water partition coefficient (Wildman–Crippen LogP) is 14.7. The number of allylic oxidation sites excluding steroid dienone is 4. The fourth-order valence-corrected chi connectivity index (χ4v) is 7.72. The zero-order valence-corrected chi connectivity index (χ0v) is 38.2. The van der Waals surface area contributed by atoms with Crippen LogP contribution >= 0.6 is 0 Å². The van der Waals surface area contributed by atoms with Crippen LogP contribution in [-0.4, -0.2) is 46.9 Å². The van der Waals surface area contributed by atoms with Crippen molar-refractivity contribution >= 4 is 11.9 Å². The number of hydrogen-bond acceptors (Lipinski definition) is 5. The Hall–Kier alpha value is -1.66. The highest BCUT2D eigenvalue weighted by Gasteiger charge is 2.24. The van der Waals surface area contributed by atoms with Crippen LogP contribution in [0.2, 0.25) is 0 Å². The number of nitrogens with one attached hydrogen (secondary N) is 1. The first-order valence-electron chi connectivity index (χ1n) is 25.1. The Morgan fingerprint density at radius 2 is 0.877 bits per heavy atom. The van der Waals surface area contributed by atoms with Crippen molar-refractivity contribution in [1.29, 1.82) is 0 Å². The zero-order chi connectivity index (χ0) is 41.7. The topological polar surface area (TPSA) is 95.9 Å². The maximum absolute atomic E-state index is 13.2. The van der Waals surface area contributed by atoms with Crippen molar-refractivity contribution < 1.29 is 24.5 Å². The van der Waals surface area contributed by atoms with Gasteiger partial charge in [-0.3, -0.25) is 9.59 Å².